The number of aromatic nitrogens is 3. The van der Waals surface area contributed by atoms with Gasteiger partial charge in [-0.1, -0.05) is 24.3 Å². The highest BCUT2D eigenvalue weighted by molar-refractivity contribution is 7.89. The van der Waals surface area contributed by atoms with Crippen molar-refractivity contribution < 1.29 is 27.1 Å². The molecule has 6 rings (SSSR count). The minimum Gasteiger partial charge on any atom is -0.476 e. The Hall–Kier alpha value is -4.26. The van der Waals surface area contributed by atoms with Crippen LogP contribution in [-0.2, 0) is 16.4 Å². The predicted molar refractivity (Wildman–Crippen MR) is 150 cm³/mol. The Bertz CT molecular complexity index is 1900. The number of rotatable bonds is 8. The number of halogens is 2. The summed E-state index contributed by atoms with van der Waals surface area (Å²) < 4.78 is 53.7. The van der Waals surface area contributed by atoms with Gasteiger partial charge in [0.1, 0.15) is 11.6 Å². The van der Waals surface area contributed by atoms with E-state index in [9.17, 15) is 27.1 Å². The maximum atomic E-state index is 15.0. The first kappa shape index (κ1) is 26.9. The number of aromatic carboxylic acids is 1. The number of carbonyl (C=O) groups is 1. The fourth-order valence-electron chi connectivity index (χ4n) is 4.78. The summed E-state index contributed by atoms with van der Waals surface area (Å²) in [6.07, 6.45) is 2.18. The minimum atomic E-state index is -3.86. The minimum absolute atomic E-state index is 0.00829. The zero-order chi connectivity index (χ0) is 28.9. The van der Waals surface area contributed by atoms with Crippen LogP contribution in [0.4, 0.5) is 8.78 Å². The van der Waals surface area contributed by atoms with Crippen molar-refractivity contribution in [3.8, 4) is 27.5 Å². The van der Waals surface area contributed by atoms with Crippen LogP contribution in [0.3, 0.4) is 0 Å². The van der Waals surface area contributed by atoms with Crippen LogP contribution in [-0.4, -0.2) is 34.3 Å². The zero-order valence-corrected chi connectivity index (χ0v) is 22.9. The van der Waals surface area contributed by atoms with Gasteiger partial charge in [-0.2, -0.15) is 5.10 Å². The molecule has 0 atom stereocenters. The quantitative estimate of drug-likeness (QED) is 0.236. The van der Waals surface area contributed by atoms with Gasteiger partial charge in [-0.05, 0) is 66.4 Å². The molecular weight excluding hydrogens is 570 g/mol. The van der Waals surface area contributed by atoms with E-state index in [2.05, 4.69) is 4.98 Å². The molecule has 0 amide bonds. The van der Waals surface area contributed by atoms with E-state index in [1.165, 1.54) is 47.8 Å². The Morgan fingerprint density at radius 1 is 1.02 bits per heavy atom. The molecule has 2 heterocycles. The molecule has 0 unspecified atom stereocenters. The highest BCUT2D eigenvalue weighted by Gasteiger charge is 2.34. The monoisotopic (exact) mass is 592 g/mol. The summed E-state index contributed by atoms with van der Waals surface area (Å²) >= 11 is 1.15. The average molecular weight is 593 g/mol. The van der Waals surface area contributed by atoms with Crippen LogP contribution in [0.15, 0.2) is 77.0 Å². The summed E-state index contributed by atoms with van der Waals surface area (Å²) in [6, 6.07) is 16.4. The molecule has 12 heteroatoms. The lowest BCUT2D eigenvalue weighted by molar-refractivity contribution is 0.0691. The third-order valence-electron chi connectivity index (χ3n) is 6.91. The lowest BCUT2D eigenvalue weighted by Crippen LogP contribution is -2.11. The summed E-state index contributed by atoms with van der Waals surface area (Å²) in [4.78, 5) is 15.8. The van der Waals surface area contributed by atoms with Gasteiger partial charge in [0.15, 0.2) is 5.69 Å². The smallest absolute Gasteiger partial charge is 0.355 e. The largest absolute Gasteiger partial charge is 0.476 e. The number of thiazole rings is 1. The number of carboxylic acid groups (broad SMARTS) is 1. The van der Waals surface area contributed by atoms with E-state index in [1.54, 1.807) is 28.9 Å². The van der Waals surface area contributed by atoms with Gasteiger partial charge in [0, 0.05) is 34.4 Å². The highest BCUT2D eigenvalue weighted by atomic mass is 32.2. The molecule has 41 heavy (non-hydrogen) atoms. The Labute approximate surface area is 237 Å². The molecular formula is C29H22F2N4O4S2. The predicted octanol–water partition coefficient (Wildman–Crippen LogP) is 5.75. The molecule has 5 aromatic rings. The van der Waals surface area contributed by atoms with Crippen molar-refractivity contribution >= 4 is 27.3 Å². The lowest BCUT2D eigenvalue weighted by Gasteiger charge is -2.10. The molecule has 1 aliphatic rings. The first-order valence-electron chi connectivity index (χ1n) is 12.6. The van der Waals surface area contributed by atoms with Crippen LogP contribution in [0.2, 0.25) is 0 Å². The highest BCUT2D eigenvalue weighted by Crippen LogP contribution is 2.46. The van der Waals surface area contributed by atoms with Gasteiger partial charge in [-0.15, -0.1) is 11.3 Å². The number of hydrogen-bond donors (Lipinski definition) is 2. The van der Waals surface area contributed by atoms with Gasteiger partial charge >= 0.3 is 5.97 Å². The summed E-state index contributed by atoms with van der Waals surface area (Å²) in [5.41, 5.74) is 4.34. The molecule has 0 bridgehead atoms. The van der Waals surface area contributed by atoms with E-state index in [0.717, 1.165) is 41.0 Å². The lowest BCUT2D eigenvalue weighted by atomic mass is 9.95. The van der Waals surface area contributed by atoms with E-state index in [0.29, 0.717) is 28.4 Å². The Balaban J connectivity index is 1.53. The summed E-state index contributed by atoms with van der Waals surface area (Å²) in [7, 11) is -3.86. The van der Waals surface area contributed by atoms with E-state index in [-0.39, 0.29) is 22.1 Å². The van der Waals surface area contributed by atoms with Crippen LogP contribution in [0, 0.1) is 11.6 Å². The SMILES string of the molecule is NS(=O)(=O)c1ccc(Cc2c(-c3ccc(F)c(-c4ccc(F)cc4)c3)nn(-c3nc(C(=O)O)cs3)c2C2CC2)cc1. The van der Waals surface area contributed by atoms with Crippen LogP contribution >= 0.6 is 11.3 Å². The molecule has 2 aromatic heterocycles. The van der Waals surface area contributed by atoms with E-state index in [1.807, 2.05) is 0 Å². The average Bonchev–Trinajstić information content (AvgIpc) is 3.52. The first-order valence-corrected chi connectivity index (χ1v) is 15.0. The van der Waals surface area contributed by atoms with Gasteiger partial charge in [-0.3, -0.25) is 0 Å². The number of nitrogens with zero attached hydrogens (tertiary/aromatic N) is 3. The van der Waals surface area contributed by atoms with Gasteiger partial charge in [0.05, 0.1) is 16.3 Å². The summed E-state index contributed by atoms with van der Waals surface area (Å²) in [5, 5.41) is 21.4. The number of carboxylic acids is 1. The number of benzene rings is 3. The number of primary sulfonamides is 1. The number of nitrogens with two attached hydrogens (primary N) is 1. The topological polar surface area (TPSA) is 128 Å². The molecule has 3 aromatic carbocycles. The summed E-state index contributed by atoms with van der Waals surface area (Å²) in [5.74, 6) is -1.90. The molecule has 3 N–H and O–H groups in total. The second kappa shape index (κ2) is 10.3. The van der Waals surface area contributed by atoms with Gasteiger partial charge in [0.25, 0.3) is 0 Å². The molecule has 1 saturated carbocycles. The van der Waals surface area contributed by atoms with E-state index >= 15 is 0 Å². The van der Waals surface area contributed by atoms with Crippen molar-refractivity contribution in [2.24, 2.45) is 5.14 Å². The molecule has 0 aliphatic heterocycles. The molecule has 0 spiro atoms. The van der Waals surface area contributed by atoms with Crippen molar-refractivity contribution in [3.05, 3.63) is 106 Å². The fourth-order valence-corrected chi connectivity index (χ4v) is 6.05. The molecule has 1 aliphatic carbocycles. The van der Waals surface area contributed by atoms with Crippen molar-refractivity contribution in [2.75, 3.05) is 0 Å². The van der Waals surface area contributed by atoms with E-state index < -0.39 is 27.6 Å². The second-order valence-corrected chi connectivity index (χ2v) is 12.2. The molecule has 0 saturated heterocycles. The normalized spacial score (nSPS) is 13.4. The van der Waals surface area contributed by atoms with Gasteiger partial charge in [-0.25, -0.2) is 36.8 Å². The third kappa shape index (κ3) is 5.41. The molecule has 1 fully saturated rings. The van der Waals surface area contributed by atoms with Crippen LogP contribution < -0.4 is 5.14 Å². The standard InChI is InChI=1S/C29H22F2N4O4S2/c30-20-8-5-17(6-9-20)22-14-19(7-12-24(22)31)26-23(13-16-1-10-21(11-2-16)41(32,38)39)27(18-3-4-18)35(34-26)29-33-25(15-40-29)28(36)37/h1-2,5-12,14-15,18H,3-4,13H2,(H,36,37)(H2,32,38,39). The first-order chi connectivity index (χ1) is 19.6. The Kier molecular flexibility index (Phi) is 6.76. The van der Waals surface area contributed by atoms with Crippen molar-refractivity contribution in [2.45, 2.75) is 30.1 Å². The molecule has 208 valence electrons. The van der Waals surface area contributed by atoms with Gasteiger partial charge < -0.3 is 5.11 Å². The number of sulfonamides is 1. The second-order valence-electron chi connectivity index (χ2n) is 9.79. The van der Waals surface area contributed by atoms with Crippen molar-refractivity contribution in [1.82, 2.24) is 14.8 Å². The zero-order valence-electron chi connectivity index (χ0n) is 21.3. The Morgan fingerprint density at radius 2 is 1.71 bits per heavy atom. The van der Waals surface area contributed by atoms with Crippen LogP contribution in [0.1, 0.15) is 46.1 Å². The molecule has 8 nitrogen and oxygen atoms in total. The van der Waals surface area contributed by atoms with E-state index in [4.69, 9.17) is 10.2 Å². The maximum Gasteiger partial charge on any atom is 0.355 e. The van der Waals surface area contributed by atoms with Gasteiger partial charge in [0.2, 0.25) is 15.2 Å². The van der Waals surface area contributed by atoms with Crippen LogP contribution in [0.25, 0.3) is 27.5 Å². The fraction of sp³-hybridized carbons (Fsp3) is 0.138. The summed E-state index contributed by atoms with van der Waals surface area (Å²) in [6.45, 7) is 0. The van der Waals surface area contributed by atoms with Crippen molar-refractivity contribution in [3.63, 3.8) is 0 Å². The maximum absolute atomic E-state index is 15.0. The third-order valence-corrected chi connectivity index (χ3v) is 8.65. The van der Waals surface area contributed by atoms with Crippen LogP contribution in [0.5, 0.6) is 0 Å². The number of hydrogen-bond acceptors (Lipinski definition) is 6. The Morgan fingerprint density at radius 3 is 2.32 bits per heavy atom. The molecule has 0 radical (unpaired) electrons. The van der Waals surface area contributed by atoms with Crippen molar-refractivity contribution in [1.29, 1.82) is 0 Å².